The molecule has 104 valence electrons. The van der Waals surface area contributed by atoms with Gasteiger partial charge in [0.1, 0.15) is 0 Å². The maximum atomic E-state index is 6.26. The molecule has 2 N–H and O–H groups in total. The predicted octanol–water partition coefficient (Wildman–Crippen LogP) is 1.90. The van der Waals surface area contributed by atoms with E-state index in [1.54, 1.807) is 9.36 Å². The highest BCUT2D eigenvalue weighted by Gasteiger charge is 2.25. The van der Waals surface area contributed by atoms with E-state index < -0.39 is 0 Å². The van der Waals surface area contributed by atoms with Crippen LogP contribution >= 0.6 is 11.6 Å². The molecule has 19 heavy (non-hydrogen) atoms. The van der Waals surface area contributed by atoms with Crippen LogP contribution in [-0.2, 0) is 19.0 Å². The number of hydrogen-bond donors (Lipinski definition) is 1. The lowest BCUT2D eigenvalue weighted by molar-refractivity contribution is 0.492. The standard InChI is InChI=1S/C12H19ClN6/c1-7-9(13)8(18(5)16-7)6-19-10(12(2,3)4)11(14)15-17-19/h6,14H2,1-5H3. The van der Waals surface area contributed by atoms with Crippen molar-refractivity contribution in [3.8, 4) is 0 Å². The SMILES string of the molecule is Cc1nn(C)c(Cn2nnc(N)c2C(C)(C)C)c1Cl. The fraction of sp³-hybridized carbons (Fsp3) is 0.583. The first-order valence-electron chi connectivity index (χ1n) is 6.09. The Labute approximate surface area is 117 Å². The first kappa shape index (κ1) is 13.9. The summed E-state index contributed by atoms with van der Waals surface area (Å²) < 4.78 is 3.56. The summed E-state index contributed by atoms with van der Waals surface area (Å²) in [5.41, 5.74) is 8.39. The Morgan fingerprint density at radius 2 is 1.95 bits per heavy atom. The molecule has 2 rings (SSSR count). The Morgan fingerprint density at radius 3 is 2.42 bits per heavy atom. The van der Waals surface area contributed by atoms with Crippen molar-refractivity contribution in [3.63, 3.8) is 0 Å². The first-order valence-corrected chi connectivity index (χ1v) is 6.47. The molecule has 0 amide bonds. The molecule has 0 aliphatic heterocycles. The normalized spacial score (nSPS) is 12.1. The van der Waals surface area contributed by atoms with Gasteiger partial charge in [0.15, 0.2) is 5.82 Å². The van der Waals surface area contributed by atoms with Gasteiger partial charge in [-0.3, -0.25) is 4.68 Å². The van der Waals surface area contributed by atoms with E-state index in [1.807, 2.05) is 14.0 Å². The van der Waals surface area contributed by atoms with Gasteiger partial charge in [0.05, 0.1) is 28.6 Å². The Morgan fingerprint density at radius 1 is 1.32 bits per heavy atom. The second kappa shape index (κ2) is 4.52. The minimum Gasteiger partial charge on any atom is -0.381 e. The topological polar surface area (TPSA) is 74.5 Å². The highest BCUT2D eigenvalue weighted by atomic mass is 35.5. The molecule has 2 aromatic heterocycles. The van der Waals surface area contributed by atoms with E-state index in [2.05, 4.69) is 36.2 Å². The van der Waals surface area contributed by atoms with Crippen molar-refractivity contribution in [2.45, 2.75) is 39.7 Å². The van der Waals surface area contributed by atoms with Crippen molar-refractivity contribution in [1.82, 2.24) is 24.8 Å². The number of nitrogens with two attached hydrogens (primary N) is 1. The molecule has 0 aliphatic rings. The average molecular weight is 283 g/mol. The van der Waals surface area contributed by atoms with Crippen LogP contribution in [0.1, 0.15) is 37.9 Å². The third-order valence-corrected chi connectivity index (χ3v) is 3.52. The molecule has 0 fully saturated rings. The first-order chi connectivity index (χ1) is 8.71. The molecule has 7 heteroatoms. The largest absolute Gasteiger partial charge is 0.381 e. The molecule has 2 aromatic rings. The van der Waals surface area contributed by atoms with E-state index in [-0.39, 0.29) is 5.41 Å². The van der Waals surface area contributed by atoms with Crippen molar-refractivity contribution in [1.29, 1.82) is 0 Å². The number of halogens is 1. The Kier molecular flexibility index (Phi) is 3.30. The monoisotopic (exact) mass is 282 g/mol. The van der Waals surface area contributed by atoms with Crippen LogP contribution in [0.4, 0.5) is 5.82 Å². The molecular weight excluding hydrogens is 264 g/mol. The van der Waals surface area contributed by atoms with Crippen molar-refractivity contribution >= 4 is 17.4 Å². The number of hydrogen-bond acceptors (Lipinski definition) is 4. The van der Waals surface area contributed by atoms with E-state index in [4.69, 9.17) is 17.3 Å². The van der Waals surface area contributed by atoms with Gasteiger partial charge in [0, 0.05) is 12.5 Å². The van der Waals surface area contributed by atoms with Gasteiger partial charge in [0.25, 0.3) is 0 Å². The molecule has 0 aliphatic carbocycles. The van der Waals surface area contributed by atoms with Gasteiger partial charge in [-0.05, 0) is 6.92 Å². The lowest BCUT2D eigenvalue weighted by Crippen LogP contribution is -2.21. The van der Waals surface area contributed by atoms with Crippen LogP contribution in [0.2, 0.25) is 5.02 Å². The molecule has 0 spiro atoms. The summed E-state index contributed by atoms with van der Waals surface area (Å²) >= 11 is 6.26. The predicted molar refractivity (Wildman–Crippen MR) is 75.2 cm³/mol. The maximum Gasteiger partial charge on any atom is 0.169 e. The zero-order valence-electron chi connectivity index (χ0n) is 11.9. The summed E-state index contributed by atoms with van der Waals surface area (Å²) in [6.07, 6.45) is 0. The second-order valence-corrected chi connectivity index (χ2v) is 6.08. The smallest absolute Gasteiger partial charge is 0.169 e. The number of aryl methyl sites for hydroxylation is 2. The summed E-state index contributed by atoms with van der Waals surface area (Å²) in [5, 5.41) is 13.0. The molecule has 0 saturated carbocycles. The van der Waals surface area contributed by atoms with Crippen LogP contribution < -0.4 is 5.73 Å². The number of nitrogens with zero attached hydrogens (tertiary/aromatic N) is 5. The summed E-state index contributed by atoms with van der Waals surface area (Å²) in [4.78, 5) is 0. The lowest BCUT2D eigenvalue weighted by Gasteiger charge is -2.20. The average Bonchev–Trinajstić information content (AvgIpc) is 2.74. The van der Waals surface area contributed by atoms with Crippen LogP contribution in [0, 0.1) is 6.92 Å². The minimum absolute atomic E-state index is 0.131. The number of rotatable bonds is 2. The van der Waals surface area contributed by atoms with Crippen LogP contribution in [0.25, 0.3) is 0 Å². The molecule has 0 radical (unpaired) electrons. The summed E-state index contributed by atoms with van der Waals surface area (Å²) in [6.45, 7) is 8.62. The van der Waals surface area contributed by atoms with Crippen LogP contribution in [0.3, 0.4) is 0 Å². The van der Waals surface area contributed by atoms with Crippen LogP contribution in [0.15, 0.2) is 0 Å². The van der Waals surface area contributed by atoms with Gasteiger partial charge in [-0.1, -0.05) is 37.6 Å². The highest BCUT2D eigenvalue weighted by molar-refractivity contribution is 6.31. The fourth-order valence-electron chi connectivity index (χ4n) is 2.20. The zero-order valence-corrected chi connectivity index (χ0v) is 12.7. The maximum absolute atomic E-state index is 6.26. The molecule has 0 saturated heterocycles. The quantitative estimate of drug-likeness (QED) is 0.913. The zero-order chi connectivity index (χ0) is 14.4. The van der Waals surface area contributed by atoms with Gasteiger partial charge in [-0.15, -0.1) is 5.10 Å². The number of nitrogen functional groups attached to an aromatic ring is 1. The van der Waals surface area contributed by atoms with Crippen molar-refractivity contribution in [2.24, 2.45) is 7.05 Å². The Bertz CT molecular complexity index is 604. The van der Waals surface area contributed by atoms with Gasteiger partial charge in [-0.25, -0.2) is 4.68 Å². The number of aromatic nitrogens is 5. The number of anilines is 1. The Hall–Kier alpha value is -1.56. The van der Waals surface area contributed by atoms with Gasteiger partial charge in [0.2, 0.25) is 0 Å². The molecule has 0 bridgehead atoms. The van der Waals surface area contributed by atoms with Crippen molar-refractivity contribution < 1.29 is 0 Å². The van der Waals surface area contributed by atoms with Crippen molar-refractivity contribution in [2.75, 3.05) is 5.73 Å². The molecule has 0 atom stereocenters. The van der Waals surface area contributed by atoms with E-state index in [9.17, 15) is 0 Å². The van der Waals surface area contributed by atoms with E-state index in [0.717, 1.165) is 17.1 Å². The van der Waals surface area contributed by atoms with E-state index >= 15 is 0 Å². The van der Waals surface area contributed by atoms with Gasteiger partial charge >= 0.3 is 0 Å². The third-order valence-electron chi connectivity index (χ3n) is 3.03. The molecule has 0 unspecified atom stereocenters. The third kappa shape index (κ3) is 2.45. The lowest BCUT2D eigenvalue weighted by atomic mass is 9.92. The molecular formula is C12H19ClN6. The second-order valence-electron chi connectivity index (χ2n) is 5.70. The fourth-order valence-corrected chi connectivity index (χ4v) is 2.42. The summed E-state index contributed by atoms with van der Waals surface area (Å²) in [5.74, 6) is 0.461. The van der Waals surface area contributed by atoms with Gasteiger partial charge in [-0.2, -0.15) is 5.10 Å². The van der Waals surface area contributed by atoms with E-state index in [1.165, 1.54) is 0 Å². The van der Waals surface area contributed by atoms with Crippen LogP contribution in [0.5, 0.6) is 0 Å². The summed E-state index contributed by atoms with van der Waals surface area (Å²) in [6, 6.07) is 0. The highest BCUT2D eigenvalue weighted by Crippen LogP contribution is 2.28. The molecule has 6 nitrogen and oxygen atoms in total. The van der Waals surface area contributed by atoms with Gasteiger partial charge < -0.3 is 5.73 Å². The van der Waals surface area contributed by atoms with E-state index in [0.29, 0.717) is 17.4 Å². The van der Waals surface area contributed by atoms with Crippen LogP contribution in [-0.4, -0.2) is 24.8 Å². The Balaban J connectivity index is 2.45. The molecule has 0 aromatic carbocycles. The summed E-state index contributed by atoms with van der Waals surface area (Å²) in [7, 11) is 1.87. The minimum atomic E-state index is -0.131. The van der Waals surface area contributed by atoms with Crippen molar-refractivity contribution in [3.05, 3.63) is 22.1 Å². The molecule has 2 heterocycles.